The Morgan fingerprint density at radius 1 is 1.16 bits per heavy atom. The Morgan fingerprint density at radius 2 is 1.92 bits per heavy atom. The van der Waals surface area contributed by atoms with Gasteiger partial charge in [-0.1, -0.05) is 55.3 Å². The Balaban J connectivity index is 1.91. The van der Waals surface area contributed by atoms with Gasteiger partial charge in [0, 0.05) is 29.1 Å². The van der Waals surface area contributed by atoms with E-state index in [1.165, 1.54) is 5.56 Å². The van der Waals surface area contributed by atoms with Gasteiger partial charge in [0.25, 0.3) is 0 Å². The number of hydrogen-bond donors (Lipinski definition) is 1. The summed E-state index contributed by atoms with van der Waals surface area (Å²) in [6, 6.07) is 15.9. The van der Waals surface area contributed by atoms with E-state index in [0.29, 0.717) is 17.2 Å². The molecule has 25 heavy (non-hydrogen) atoms. The van der Waals surface area contributed by atoms with E-state index in [0.717, 1.165) is 29.4 Å². The van der Waals surface area contributed by atoms with Gasteiger partial charge < -0.3 is 9.73 Å². The van der Waals surface area contributed by atoms with Crippen LogP contribution in [-0.2, 0) is 6.54 Å². The summed E-state index contributed by atoms with van der Waals surface area (Å²) < 4.78 is 5.34. The highest BCUT2D eigenvalue weighted by Crippen LogP contribution is 2.26. The van der Waals surface area contributed by atoms with Gasteiger partial charge >= 0.3 is 5.63 Å². The summed E-state index contributed by atoms with van der Waals surface area (Å²) >= 11 is 6.27. The fraction of sp³-hybridized carbons (Fsp3) is 0.286. The van der Waals surface area contributed by atoms with Gasteiger partial charge in [-0.25, -0.2) is 4.79 Å². The molecule has 130 valence electrons. The van der Waals surface area contributed by atoms with Crippen LogP contribution in [0.25, 0.3) is 11.0 Å². The summed E-state index contributed by atoms with van der Waals surface area (Å²) in [5.74, 6) is 0. The molecule has 4 heteroatoms. The average Bonchev–Trinajstić information content (AvgIpc) is 2.60. The zero-order chi connectivity index (χ0) is 17.8. The predicted octanol–water partition coefficient (Wildman–Crippen LogP) is 5.39. The van der Waals surface area contributed by atoms with Crippen molar-refractivity contribution >= 4 is 22.6 Å². The highest BCUT2D eigenvalue weighted by atomic mass is 35.5. The summed E-state index contributed by atoms with van der Waals surface area (Å²) in [6.07, 6.45) is 2.11. The maximum Gasteiger partial charge on any atom is 0.336 e. The van der Waals surface area contributed by atoms with Crippen LogP contribution in [0.5, 0.6) is 0 Å². The molecule has 0 aliphatic heterocycles. The molecule has 1 aromatic heterocycles. The number of halogens is 1. The van der Waals surface area contributed by atoms with Crippen LogP contribution >= 0.6 is 11.6 Å². The van der Waals surface area contributed by atoms with E-state index in [2.05, 4.69) is 36.5 Å². The van der Waals surface area contributed by atoms with Crippen molar-refractivity contribution in [3.63, 3.8) is 0 Å². The quantitative estimate of drug-likeness (QED) is 0.603. The van der Waals surface area contributed by atoms with E-state index < -0.39 is 0 Å². The normalized spacial score (nSPS) is 12.4. The van der Waals surface area contributed by atoms with E-state index in [1.807, 2.05) is 25.1 Å². The van der Waals surface area contributed by atoms with Crippen molar-refractivity contribution in [3.05, 3.63) is 80.7 Å². The van der Waals surface area contributed by atoms with E-state index in [-0.39, 0.29) is 11.7 Å². The van der Waals surface area contributed by atoms with Crippen LogP contribution < -0.4 is 10.9 Å². The van der Waals surface area contributed by atoms with Gasteiger partial charge in [0.1, 0.15) is 5.58 Å². The molecular weight excluding hydrogens is 334 g/mol. The molecule has 1 atom stereocenters. The average molecular weight is 356 g/mol. The van der Waals surface area contributed by atoms with Gasteiger partial charge in [0.05, 0.1) is 0 Å². The molecule has 3 aromatic rings. The molecule has 2 aromatic carbocycles. The number of rotatable bonds is 6. The minimum atomic E-state index is -0.335. The molecule has 0 saturated carbocycles. The second-order valence-corrected chi connectivity index (χ2v) is 6.73. The number of nitrogens with one attached hydrogen (secondary N) is 1. The van der Waals surface area contributed by atoms with Crippen LogP contribution in [0.2, 0.25) is 5.02 Å². The van der Waals surface area contributed by atoms with Gasteiger partial charge in [-0.2, -0.15) is 0 Å². The summed E-state index contributed by atoms with van der Waals surface area (Å²) in [4.78, 5) is 11.9. The van der Waals surface area contributed by atoms with Crippen LogP contribution in [0.3, 0.4) is 0 Å². The second kappa shape index (κ2) is 7.85. The minimum Gasteiger partial charge on any atom is -0.423 e. The van der Waals surface area contributed by atoms with E-state index in [4.69, 9.17) is 16.0 Å². The summed E-state index contributed by atoms with van der Waals surface area (Å²) in [6.45, 7) is 4.66. The lowest BCUT2D eigenvalue weighted by Gasteiger charge is -2.19. The molecule has 0 bridgehead atoms. The monoisotopic (exact) mass is 355 g/mol. The third kappa shape index (κ3) is 4.12. The first-order valence-electron chi connectivity index (χ1n) is 8.59. The van der Waals surface area contributed by atoms with Crippen LogP contribution in [0, 0.1) is 6.92 Å². The van der Waals surface area contributed by atoms with Crippen molar-refractivity contribution in [2.24, 2.45) is 0 Å². The largest absolute Gasteiger partial charge is 0.423 e. The van der Waals surface area contributed by atoms with Crippen molar-refractivity contribution in [1.29, 1.82) is 0 Å². The number of hydrogen-bond acceptors (Lipinski definition) is 3. The molecule has 0 unspecified atom stereocenters. The molecular formula is C21H22ClNO2. The molecule has 3 rings (SSSR count). The van der Waals surface area contributed by atoms with E-state index >= 15 is 0 Å². The summed E-state index contributed by atoms with van der Waals surface area (Å²) in [5, 5.41) is 5.14. The van der Waals surface area contributed by atoms with Gasteiger partial charge in [-0.05, 0) is 42.2 Å². The van der Waals surface area contributed by atoms with E-state index in [1.54, 1.807) is 6.07 Å². The molecule has 0 radical (unpaired) electrons. The number of benzene rings is 2. The first kappa shape index (κ1) is 17.7. The molecule has 0 aliphatic rings. The number of fused-ring (bicyclic) bond motifs is 1. The third-order valence-electron chi connectivity index (χ3n) is 4.43. The van der Waals surface area contributed by atoms with E-state index in [9.17, 15) is 4.79 Å². The first-order chi connectivity index (χ1) is 12.1. The van der Waals surface area contributed by atoms with Crippen molar-refractivity contribution in [2.75, 3.05) is 0 Å². The van der Waals surface area contributed by atoms with Crippen molar-refractivity contribution in [3.8, 4) is 0 Å². The molecule has 3 nitrogen and oxygen atoms in total. The maximum absolute atomic E-state index is 11.9. The van der Waals surface area contributed by atoms with Crippen molar-refractivity contribution in [2.45, 2.75) is 39.3 Å². The van der Waals surface area contributed by atoms with Crippen molar-refractivity contribution < 1.29 is 4.42 Å². The molecule has 1 heterocycles. The Kier molecular flexibility index (Phi) is 5.57. The second-order valence-electron chi connectivity index (χ2n) is 6.32. The van der Waals surface area contributed by atoms with Crippen LogP contribution in [-0.4, -0.2) is 0 Å². The van der Waals surface area contributed by atoms with Gasteiger partial charge in [-0.3, -0.25) is 0 Å². The predicted molar refractivity (Wildman–Crippen MR) is 103 cm³/mol. The van der Waals surface area contributed by atoms with Crippen LogP contribution in [0.4, 0.5) is 0 Å². The van der Waals surface area contributed by atoms with Crippen LogP contribution in [0.1, 0.15) is 42.5 Å². The number of aryl methyl sites for hydroxylation is 1. The first-order valence-corrected chi connectivity index (χ1v) is 8.97. The van der Waals surface area contributed by atoms with Gasteiger partial charge in [-0.15, -0.1) is 0 Å². The third-order valence-corrected chi connectivity index (χ3v) is 4.83. The molecule has 0 aliphatic carbocycles. The molecule has 0 saturated heterocycles. The molecule has 0 amide bonds. The smallest absolute Gasteiger partial charge is 0.336 e. The fourth-order valence-corrected chi connectivity index (χ4v) is 3.25. The Bertz CT molecular complexity index is 918. The zero-order valence-corrected chi connectivity index (χ0v) is 15.3. The topological polar surface area (TPSA) is 42.2 Å². The minimum absolute atomic E-state index is 0.245. The standard InChI is InChI=1S/C21H22ClNO2/c1-3-7-19(15-8-5-4-6-9-15)23-13-16-11-21(24)25-20-10-14(2)18(22)12-17(16)20/h4-6,8-12,19,23H,3,7,13H2,1-2H3/t19-/m0/s1. The SMILES string of the molecule is CCC[C@H](NCc1cc(=O)oc2cc(C)c(Cl)cc12)c1ccccc1. The van der Waals surface area contributed by atoms with Crippen molar-refractivity contribution in [1.82, 2.24) is 5.32 Å². The lowest BCUT2D eigenvalue weighted by atomic mass is 10.0. The lowest BCUT2D eigenvalue weighted by Crippen LogP contribution is -2.21. The highest BCUT2D eigenvalue weighted by molar-refractivity contribution is 6.32. The Hall–Kier alpha value is -2.10. The van der Waals surface area contributed by atoms with Crippen LogP contribution in [0.15, 0.2) is 57.7 Å². The fourth-order valence-electron chi connectivity index (χ4n) is 3.09. The Morgan fingerprint density at radius 3 is 2.64 bits per heavy atom. The summed E-state index contributed by atoms with van der Waals surface area (Å²) in [7, 11) is 0. The molecule has 1 N–H and O–H groups in total. The molecule has 0 spiro atoms. The zero-order valence-electron chi connectivity index (χ0n) is 14.5. The van der Waals surface area contributed by atoms with Gasteiger partial charge in [0.2, 0.25) is 0 Å². The lowest BCUT2D eigenvalue weighted by molar-refractivity contribution is 0.491. The maximum atomic E-state index is 11.9. The summed E-state index contributed by atoms with van der Waals surface area (Å²) in [5.41, 5.74) is 3.31. The highest BCUT2D eigenvalue weighted by Gasteiger charge is 2.13. The Labute approximate surface area is 152 Å². The molecule has 0 fully saturated rings. The van der Waals surface area contributed by atoms with Gasteiger partial charge in [0.15, 0.2) is 0 Å².